The molecule has 1 unspecified atom stereocenters. The van der Waals surface area contributed by atoms with Crippen LogP contribution >= 0.6 is 0 Å². The number of amides is 2. The lowest BCUT2D eigenvalue weighted by atomic mass is 9.84. The highest BCUT2D eigenvalue weighted by Crippen LogP contribution is 2.29. The number of rotatable bonds is 11. The zero-order valence-corrected chi connectivity index (χ0v) is 23.8. The fraction of sp³-hybridized carbons (Fsp3) is 0.677. The summed E-state index contributed by atoms with van der Waals surface area (Å²) < 4.78 is 6.10. The lowest BCUT2D eigenvalue weighted by molar-refractivity contribution is -0.138. The number of ether oxygens (including phenoxy) is 1. The van der Waals surface area contributed by atoms with Crippen molar-refractivity contribution in [1.82, 2.24) is 25.5 Å². The lowest BCUT2D eigenvalue weighted by Crippen LogP contribution is -2.54. The van der Waals surface area contributed by atoms with E-state index in [1.807, 2.05) is 18.2 Å². The van der Waals surface area contributed by atoms with Gasteiger partial charge in [0, 0.05) is 36.5 Å². The summed E-state index contributed by atoms with van der Waals surface area (Å²) in [5.74, 6) is 1.91. The van der Waals surface area contributed by atoms with Gasteiger partial charge in [-0.2, -0.15) is 0 Å². The summed E-state index contributed by atoms with van der Waals surface area (Å²) in [5, 5.41) is 7.38. The molecule has 9 heteroatoms. The van der Waals surface area contributed by atoms with Crippen LogP contribution in [0.3, 0.4) is 0 Å². The number of benzene rings is 1. The van der Waals surface area contributed by atoms with Gasteiger partial charge in [0.05, 0.1) is 24.7 Å². The van der Waals surface area contributed by atoms with Gasteiger partial charge < -0.3 is 20.7 Å². The van der Waals surface area contributed by atoms with Crippen LogP contribution in [0, 0.1) is 5.92 Å². The summed E-state index contributed by atoms with van der Waals surface area (Å²) in [6.07, 6.45) is 16.8. The van der Waals surface area contributed by atoms with Gasteiger partial charge in [0.2, 0.25) is 11.8 Å². The fourth-order valence-electron chi connectivity index (χ4n) is 6.84. The quantitative estimate of drug-likeness (QED) is 0.380. The minimum atomic E-state index is -0.315. The van der Waals surface area contributed by atoms with E-state index in [1.54, 1.807) is 0 Å². The van der Waals surface area contributed by atoms with Crippen LogP contribution < -0.4 is 21.1 Å². The van der Waals surface area contributed by atoms with E-state index < -0.39 is 0 Å². The molecule has 0 bridgehead atoms. The molecule has 218 valence electrons. The molecule has 1 aromatic heterocycles. The van der Waals surface area contributed by atoms with Crippen molar-refractivity contribution < 1.29 is 14.3 Å². The summed E-state index contributed by atoms with van der Waals surface area (Å²) in [6, 6.07) is 5.79. The van der Waals surface area contributed by atoms with Crippen LogP contribution in [0.25, 0.3) is 10.9 Å². The average Bonchev–Trinajstić information content (AvgIpc) is 3.49. The fourth-order valence-corrected chi connectivity index (χ4v) is 6.84. The molecular weight excluding hydrogens is 504 g/mol. The molecule has 2 saturated carbocycles. The maximum atomic E-state index is 14.0. The summed E-state index contributed by atoms with van der Waals surface area (Å²) >= 11 is 0. The summed E-state index contributed by atoms with van der Waals surface area (Å²) in [4.78, 5) is 37.1. The van der Waals surface area contributed by atoms with Gasteiger partial charge in [0.25, 0.3) is 0 Å². The number of hydrogen-bond acceptors (Lipinski definition) is 7. The van der Waals surface area contributed by atoms with Crippen molar-refractivity contribution in [1.29, 1.82) is 0 Å². The summed E-state index contributed by atoms with van der Waals surface area (Å²) in [5.41, 5.74) is 6.71. The number of likely N-dealkylation sites (tertiary alicyclic amines) is 1. The van der Waals surface area contributed by atoms with Crippen molar-refractivity contribution in [2.24, 2.45) is 5.92 Å². The van der Waals surface area contributed by atoms with Crippen LogP contribution in [-0.4, -0.2) is 64.5 Å². The number of nitrogens with one attached hydrogen (secondary N) is 2. The largest absolute Gasteiger partial charge is 0.493 e. The van der Waals surface area contributed by atoms with E-state index in [-0.39, 0.29) is 30.4 Å². The Bertz CT molecular complexity index is 1130. The highest BCUT2D eigenvalue weighted by Gasteiger charge is 2.33. The molecule has 2 amide bonds. The number of aromatic nitrogens is 2. The number of nitrogens with zero attached hydrogens (tertiary/aromatic N) is 3. The molecule has 2 aliphatic carbocycles. The number of fused-ring (bicyclic) bond motifs is 1. The Morgan fingerprint density at radius 1 is 1.00 bits per heavy atom. The van der Waals surface area contributed by atoms with E-state index in [1.165, 1.54) is 51.3 Å². The third kappa shape index (κ3) is 7.62. The molecule has 1 aromatic carbocycles. The topological polar surface area (TPSA) is 122 Å². The first-order valence-corrected chi connectivity index (χ1v) is 15.5. The maximum Gasteiger partial charge on any atom is 0.239 e. The van der Waals surface area contributed by atoms with Gasteiger partial charge in [-0.3, -0.25) is 14.9 Å². The third-order valence-corrected chi connectivity index (χ3v) is 9.09. The van der Waals surface area contributed by atoms with Crippen molar-refractivity contribution in [2.75, 3.05) is 25.4 Å². The van der Waals surface area contributed by atoms with Gasteiger partial charge in [-0.25, -0.2) is 9.97 Å². The Morgan fingerprint density at radius 2 is 1.77 bits per heavy atom. The van der Waals surface area contributed by atoms with Crippen LogP contribution in [0.4, 0.5) is 5.82 Å². The van der Waals surface area contributed by atoms with Gasteiger partial charge in [-0.05, 0) is 56.6 Å². The molecule has 1 aliphatic heterocycles. The molecule has 5 rings (SSSR count). The highest BCUT2D eigenvalue weighted by atomic mass is 16.5. The molecule has 2 heterocycles. The number of anilines is 1. The first kappa shape index (κ1) is 28.6. The highest BCUT2D eigenvalue weighted by molar-refractivity contribution is 5.88. The molecule has 0 radical (unpaired) electrons. The van der Waals surface area contributed by atoms with E-state index in [0.717, 1.165) is 68.1 Å². The third-order valence-electron chi connectivity index (χ3n) is 9.09. The molecule has 4 N–H and O–H groups in total. The van der Waals surface area contributed by atoms with Gasteiger partial charge in [-0.1, -0.05) is 44.9 Å². The van der Waals surface area contributed by atoms with Crippen molar-refractivity contribution in [2.45, 2.75) is 108 Å². The Hall–Kier alpha value is -2.94. The van der Waals surface area contributed by atoms with Crippen molar-refractivity contribution in [3.8, 4) is 5.75 Å². The molecule has 40 heavy (non-hydrogen) atoms. The molecular formula is C31H46N6O3. The molecule has 2 atom stereocenters. The van der Waals surface area contributed by atoms with Crippen molar-refractivity contribution in [3.63, 3.8) is 0 Å². The molecule has 9 nitrogen and oxygen atoms in total. The van der Waals surface area contributed by atoms with Crippen molar-refractivity contribution >= 4 is 28.5 Å². The first-order chi connectivity index (χ1) is 19.6. The standard InChI is InChI=1S/C31H46N6O3/c32-30-26-14-13-25(19-27(26)34-21-35-30)40-17-15-24-12-6-7-16-37(24)31(39)28(18-22-8-2-1-3-9-22)33-20-29(38)36-23-10-4-5-11-23/h13-14,19,21-24,28,33H,1-12,15-18,20H2,(H,36,38)(H2,32,34,35)/t24?,28-/m1/s1. The smallest absolute Gasteiger partial charge is 0.239 e. The van der Waals surface area contributed by atoms with Crippen LogP contribution in [0.15, 0.2) is 24.5 Å². The number of carbonyl (C=O) groups is 2. The Kier molecular flexibility index (Phi) is 10.1. The predicted molar refractivity (Wildman–Crippen MR) is 157 cm³/mol. The van der Waals surface area contributed by atoms with Crippen LogP contribution in [0.5, 0.6) is 5.75 Å². The number of nitrogens with two attached hydrogens (primary N) is 1. The average molecular weight is 551 g/mol. The number of piperidine rings is 1. The number of carbonyl (C=O) groups excluding carboxylic acids is 2. The molecule has 3 aliphatic rings. The van der Waals surface area contributed by atoms with E-state index >= 15 is 0 Å². The Balaban J connectivity index is 1.19. The van der Waals surface area contributed by atoms with Gasteiger partial charge in [-0.15, -0.1) is 0 Å². The molecule has 3 fully saturated rings. The van der Waals surface area contributed by atoms with Gasteiger partial charge >= 0.3 is 0 Å². The van der Waals surface area contributed by atoms with Gasteiger partial charge in [0.1, 0.15) is 17.9 Å². The number of nitrogen functional groups attached to an aromatic ring is 1. The van der Waals surface area contributed by atoms with E-state index in [4.69, 9.17) is 10.5 Å². The molecule has 1 saturated heterocycles. The van der Waals surface area contributed by atoms with E-state index in [2.05, 4.69) is 25.5 Å². The second-order valence-electron chi connectivity index (χ2n) is 12.0. The minimum Gasteiger partial charge on any atom is -0.493 e. The van der Waals surface area contributed by atoms with Crippen LogP contribution in [0.2, 0.25) is 0 Å². The monoisotopic (exact) mass is 550 g/mol. The maximum absolute atomic E-state index is 14.0. The second kappa shape index (κ2) is 14.1. The summed E-state index contributed by atoms with van der Waals surface area (Å²) in [6.45, 7) is 1.50. The zero-order valence-electron chi connectivity index (χ0n) is 23.8. The number of hydrogen-bond donors (Lipinski definition) is 3. The van der Waals surface area contributed by atoms with E-state index in [0.29, 0.717) is 24.4 Å². The molecule has 2 aromatic rings. The lowest BCUT2D eigenvalue weighted by Gasteiger charge is -2.39. The predicted octanol–water partition coefficient (Wildman–Crippen LogP) is 4.35. The second-order valence-corrected chi connectivity index (χ2v) is 12.0. The molecule has 0 spiro atoms. The van der Waals surface area contributed by atoms with Gasteiger partial charge in [0.15, 0.2) is 0 Å². The SMILES string of the molecule is Nc1ncnc2cc(OCCC3CCCCN3C(=O)[C@@H](CC3CCCCC3)NCC(=O)NC3CCCC3)ccc12. The Morgan fingerprint density at radius 3 is 2.60 bits per heavy atom. The summed E-state index contributed by atoms with van der Waals surface area (Å²) in [7, 11) is 0. The minimum absolute atomic E-state index is 0.0133. The zero-order chi connectivity index (χ0) is 27.7. The Labute approximate surface area is 238 Å². The first-order valence-electron chi connectivity index (χ1n) is 15.5. The van der Waals surface area contributed by atoms with Crippen LogP contribution in [-0.2, 0) is 9.59 Å². The van der Waals surface area contributed by atoms with Crippen LogP contribution in [0.1, 0.15) is 89.9 Å². The normalized spacial score (nSPS) is 21.4. The van der Waals surface area contributed by atoms with E-state index in [9.17, 15) is 9.59 Å². The van der Waals surface area contributed by atoms with Crippen molar-refractivity contribution in [3.05, 3.63) is 24.5 Å².